The smallest absolute Gasteiger partial charge is 0.321 e. The molecule has 0 aliphatic rings. The monoisotopic (exact) mass is 313 g/mol. The van der Waals surface area contributed by atoms with Crippen LogP contribution in [0.25, 0.3) is 0 Å². The first kappa shape index (κ1) is 17.4. The van der Waals surface area contributed by atoms with Gasteiger partial charge in [-0.05, 0) is 44.1 Å². The van der Waals surface area contributed by atoms with Crippen LogP contribution >= 0.6 is 11.6 Å². The number of hydrogen-bond acceptors (Lipinski definition) is 4. The second-order valence-electron chi connectivity index (χ2n) is 4.70. The molecule has 0 aliphatic heterocycles. The third kappa shape index (κ3) is 6.12. The van der Waals surface area contributed by atoms with Gasteiger partial charge in [-0.25, -0.2) is 0 Å². The lowest BCUT2D eigenvalue weighted by molar-refractivity contribution is -0.141. The van der Waals surface area contributed by atoms with Gasteiger partial charge in [0.1, 0.15) is 6.04 Å². The van der Waals surface area contributed by atoms with Gasteiger partial charge in [-0.1, -0.05) is 17.7 Å². The molecular formula is C14H20ClN3O3. The highest BCUT2D eigenvalue weighted by molar-refractivity contribution is 6.31. The number of amides is 1. The van der Waals surface area contributed by atoms with E-state index in [4.69, 9.17) is 22.4 Å². The van der Waals surface area contributed by atoms with Crippen LogP contribution in [-0.2, 0) is 9.59 Å². The van der Waals surface area contributed by atoms with Crippen LogP contribution in [0.5, 0.6) is 0 Å². The number of hydrogen-bond donors (Lipinski definition) is 4. The van der Waals surface area contributed by atoms with Crippen molar-refractivity contribution < 1.29 is 14.7 Å². The molecule has 0 saturated carbocycles. The maximum atomic E-state index is 11.9. The number of benzene rings is 1. The van der Waals surface area contributed by atoms with Gasteiger partial charge in [-0.2, -0.15) is 0 Å². The highest BCUT2D eigenvalue weighted by Crippen LogP contribution is 2.20. The highest BCUT2D eigenvalue weighted by Gasteiger charge is 2.20. The summed E-state index contributed by atoms with van der Waals surface area (Å²) in [6, 6.07) is 4.20. The molecule has 5 N–H and O–H groups in total. The summed E-state index contributed by atoms with van der Waals surface area (Å²) in [6.07, 6.45) is 0.491. The number of anilines is 1. The van der Waals surface area contributed by atoms with Gasteiger partial charge in [0.2, 0.25) is 5.91 Å². The molecule has 0 aromatic heterocycles. The molecule has 1 aromatic carbocycles. The third-order valence-corrected chi connectivity index (χ3v) is 3.17. The molecule has 21 heavy (non-hydrogen) atoms. The summed E-state index contributed by atoms with van der Waals surface area (Å²) in [7, 11) is 0. The minimum atomic E-state index is -1.06. The Kier molecular flexibility index (Phi) is 7.14. The quantitative estimate of drug-likeness (QED) is 0.543. The van der Waals surface area contributed by atoms with Gasteiger partial charge in [0, 0.05) is 10.7 Å². The molecule has 6 nitrogen and oxygen atoms in total. The summed E-state index contributed by atoms with van der Waals surface area (Å²) in [5, 5.41) is 15.1. The summed E-state index contributed by atoms with van der Waals surface area (Å²) in [4.78, 5) is 23.0. The van der Waals surface area contributed by atoms with E-state index in [9.17, 15) is 9.59 Å². The lowest BCUT2D eigenvalue weighted by atomic mass is 10.1. The predicted molar refractivity (Wildman–Crippen MR) is 82.5 cm³/mol. The molecule has 0 spiro atoms. The molecule has 0 unspecified atom stereocenters. The number of halogens is 1. The van der Waals surface area contributed by atoms with Crippen LogP contribution in [0, 0.1) is 6.92 Å². The van der Waals surface area contributed by atoms with E-state index >= 15 is 0 Å². The first-order valence-corrected chi connectivity index (χ1v) is 7.04. The Hall–Kier alpha value is -1.63. The number of carbonyl (C=O) groups is 2. The molecule has 1 rings (SSSR count). The highest BCUT2D eigenvalue weighted by atomic mass is 35.5. The van der Waals surface area contributed by atoms with Gasteiger partial charge in [-0.3, -0.25) is 9.59 Å². The summed E-state index contributed by atoms with van der Waals surface area (Å²) in [6.45, 7) is 2.75. The van der Waals surface area contributed by atoms with Crippen LogP contribution < -0.4 is 16.4 Å². The van der Waals surface area contributed by atoms with Crippen molar-refractivity contribution in [3.05, 3.63) is 28.8 Å². The third-order valence-electron chi connectivity index (χ3n) is 2.93. The van der Waals surface area contributed by atoms with E-state index in [1.54, 1.807) is 18.2 Å². The van der Waals surface area contributed by atoms with Crippen molar-refractivity contribution in [1.82, 2.24) is 5.32 Å². The molecule has 0 aliphatic carbocycles. The van der Waals surface area contributed by atoms with Crippen LogP contribution in [0.3, 0.4) is 0 Å². The van der Waals surface area contributed by atoms with Gasteiger partial charge < -0.3 is 21.5 Å². The topological polar surface area (TPSA) is 104 Å². The number of aliphatic carboxylic acids is 1. The van der Waals surface area contributed by atoms with Crippen molar-refractivity contribution in [2.24, 2.45) is 5.73 Å². The van der Waals surface area contributed by atoms with Crippen molar-refractivity contribution >= 4 is 29.2 Å². The normalized spacial score (nSPS) is 12.0. The van der Waals surface area contributed by atoms with Crippen molar-refractivity contribution in [1.29, 1.82) is 0 Å². The molecule has 116 valence electrons. The first-order valence-electron chi connectivity index (χ1n) is 6.66. The number of carboxylic acid groups (broad SMARTS) is 1. The summed E-state index contributed by atoms with van der Waals surface area (Å²) >= 11 is 5.87. The fraction of sp³-hybridized carbons (Fsp3) is 0.429. The molecular weight excluding hydrogens is 294 g/mol. The zero-order valence-electron chi connectivity index (χ0n) is 11.9. The van der Waals surface area contributed by atoms with E-state index < -0.39 is 12.0 Å². The van der Waals surface area contributed by atoms with Crippen LogP contribution in [0.2, 0.25) is 5.02 Å². The molecule has 1 atom stereocenters. The minimum absolute atomic E-state index is 0.161. The molecule has 0 heterocycles. The van der Waals surface area contributed by atoms with E-state index in [0.717, 1.165) is 5.56 Å². The number of nitrogens with two attached hydrogens (primary N) is 1. The van der Waals surface area contributed by atoms with E-state index in [0.29, 0.717) is 30.2 Å². The zero-order chi connectivity index (χ0) is 15.8. The number of carboxylic acids is 1. The average molecular weight is 314 g/mol. The lowest BCUT2D eigenvalue weighted by Gasteiger charge is -2.15. The van der Waals surface area contributed by atoms with Crippen molar-refractivity contribution in [3.8, 4) is 0 Å². The largest absolute Gasteiger partial charge is 0.480 e. The molecule has 0 saturated heterocycles. The minimum Gasteiger partial charge on any atom is -0.480 e. The van der Waals surface area contributed by atoms with Crippen LogP contribution in [0.4, 0.5) is 5.69 Å². The maximum absolute atomic E-state index is 11.9. The molecule has 7 heteroatoms. The van der Waals surface area contributed by atoms with Gasteiger partial charge in [-0.15, -0.1) is 0 Å². The number of carbonyl (C=O) groups excluding carboxylic acids is 1. The Balaban J connectivity index is 2.61. The first-order chi connectivity index (χ1) is 9.93. The fourth-order valence-electron chi connectivity index (χ4n) is 1.74. The number of rotatable bonds is 8. The molecule has 0 bridgehead atoms. The van der Waals surface area contributed by atoms with Gasteiger partial charge in [0.05, 0.1) is 6.42 Å². The van der Waals surface area contributed by atoms with Crippen LogP contribution in [0.1, 0.15) is 18.4 Å². The van der Waals surface area contributed by atoms with E-state index in [1.807, 2.05) is 6.92 Å². The SMILES string of the molecule is Cc1ccc(Cl)cc1NC(=O)C[C@@H](NCCCN)C(=O)O. The second-order valence-corrected chi connectivity index (χ2v) is 5.14. The average Bonchev–Trinajstić information content (AvgIpc) is 2.42. The van der Waals surface area contributed by atoms with E-state index in [-0.39, 0.29) is 12.3 Å². The van der Waals surface area contributed by atoms with Gasteiger partial charge in [0.15, 0.2) is 0 Å². The van der Waals surface area contributed by atoms with Gasteiger partial charge in [0.25, 0.3) is 0 Å². The second kappa shape index (κ2) is 8.61. The zero-order valence-corrected chi connectivity index (χ0v) is 12.6. The number of aryl methyl sites for hydroxylation is 1. The fourth-order valence-corrected chi connectivity index (χ4v) is 1.91. The van der Waals surface area contributed by atoms with Crippen LogP contribution in [0.15, 0.2) is 18.2 Å². The molecule has 1 aromatic rings. The van der Waals surface area contributed by atoms with E-state index in [2.05, 4.69) is 10.6 Å². The number of nitrogens with one attached hydrogen (secondary N) is 2. The lowest BCUT2D eigenvalue weighted by Crippen LogP contribution is -2.40. The van der Waals surface area contributed by atoms with E-state index in [1.165, 1.54) is 0 Å². The molecule has 0 fully saturated rings. The predicted octanol–water partition coefficient (Wildman–Crippen LogP) is 1.37. The summed E-state index contributed by atoms with van der Waals surface area (Å²) in [5.74, 6) is -1.45. The Labute approximate surface area is 128 Å². The van der Waals surface area contributed by atoms with Crippen molar-refractivity contribution in [3.63, 3.8) is 0 Å². The van der Waals surface area contributed by atoms with Crippen molar-refractivity contribution in [2.45, 2.75) is 25.8 Å². The van der Waals surface area contributed by atoms with Gasteiger partial charge >= 0.3 is 5.97 Å². The summed E-state index contributed by atoms with van der Waals surface area (Å²) in [5.41, 5.74) is 6.79. The van der Waals surface area contributed by atoms with Crippen molar-refractivity contribution in [2.75, 3.05) is 18.4 Å². The maximum Gasteiger partial charge on any atom is 0.321 e. The van der Waals surface area contributed by atoms with Crippen LogP contribution in [-0.4, -0.2) is 36.1 Å². The molecule has 0 radical (unpaired) electrons. The Morgan fingerprint density at radius 1 is 1.43 bits per heavy atom. The Bertz CT molecular complexity index is 508. The molecule has 1 amide bonds. The Morgan fingerprint density at radius 3 is 2.76 bits per heavy atom. The Morgan fingerprint density at radius 2 is 2.14 bits per heavy atom. The summed E-state index contributed by atoms with van der Waals surface area (Å²) < 4.78 is 0. The standard InChI is InChI=1S/C14H20ClN3O3/c1-9-3-4-10(15)7-11(9)18-13(19)8-12(14(20)21)17-6-2-5-16/h3-4,7,12,17H,2,5-6,8,16H2,1H3,(H,18,19)(H,20,21)/t12-/m1/s1.